The van der Waals surface area contributed by atoms with Crippen LogP contribution in [0.1, 0.15) is 19.5 Å². The Morgan fingerprint density at radius 2 is 1.62 bits per heavy atom. The number of anilines is 4. The molecule has 3 aromatic rings. The third kappa shape index (κ3) is 5.28. The molecule has 0 aliphatic heterocycles. The second-order valence-electron chi connectivity index (χ2n) is 6.70. The smallest absolute Gasteiger partial charge is 0.229 e. The van der Waals surface area contributed by atoms with Crippen molar-refractivity contribution in [3.05, 3.63) is 54.2 Å². The molecule has 7 nitrogen and oxygen atoms in total. The van der Waals surface area contributed by atoms with Gasteiger partial charge in [0.1, 0.15) is 23.1 Å². The van der Waals surface area contributed by atoms with E-state index in [4.69, 9.17) is 14.2 Å². The van der Waals surface area contributed by atoms with Crippen LogP contribution in [0.5, 0.6) is 17.2 Å². The largest absolute Gasteiger partial charge is 0.497 e. The second kappa shape index (κ2) is 9.14. The summed E-state index contributed by atoms with van der Waals surface area (Å²) in [5.41, 5.74) is 2.37. The van der Waals surface area contributed by atoms with Gasteiger partial charge in [0, 0.05) is 17.8 Å². The predicted molar refractivity (Wildman–Crippen MR) is 115 cm³/mol. The summed E-state index contributed by atoms with van der Waals surface area (Å²) in [4.78, 5) is 9.08. The third-order valence-electron chi connectivity index (χ3n) is 4.02. The summed E-state index contributed by atoms with van der Waals surface area (Å²) in [5.74, 6) is 3.25. The number of hydrogen-bond donors (Lipinski definition) is 2. The van der Waals surface area contributed by atoms with Crippen molar-refractivity contribution in [3.8, 4) is 17.2 Å². The molecule has 1 aromatic heterocycles. The SMILES string of the molecule is COc1ccc(OC)c(Nc2cc(C)nc(Nc3ccccc3OC(C)C)n2)c1. The molecule has 0 unspecified atom stereocenters. The van der Waals surface area contributed by atoms with E-state index in [-0.39, 0.29) is 6.10 Å². The number of benzene rings is 2. The first-order chi connectivity index (χ1) is 14.0. The molecular weight excluding hydrogens is 368 g/mol. The molecule has 0 radical (unpaired) electrons. The van der Waals surface area contributed by atoms with Gasteiger partial charge in [0.25, 0.3) is 0 Å². The van der Waals surface area contributed by atoms with Gasteiger partial charge in [-0.3, -0.25) is 0 Å². The summed E-state index contributed by atoms with van der Waals surface area (Å²) in [5, 5.41) is 6.54. The third-order valence-corrected chi connectivity index (χ3v) is 4.02. The maximum Gasteiger partial charge on any atom is 0.229 e. The first-order valence-electron chi connectivity index (χ1n) is 9.36. The monoisotopic (exact) mass is 394 g/mol. The molecular formula is C22H26N4O3. The molecule has 2 N–H and O–H groups in total. The quantitative estimate of drug-likeness (QED) is 0.552. The van der Waals surface area contributed by atoms with Gasteiger partial charge >= 0.3 is 0 Å². The van der Waals surface area contributed by atoms with Crippen molar-refractivity contribution in [1.82, 2.24) is 9.97 Å². The average molecular weight is 394 g/mol. The number of aryl methyl sites for hydroxylation is 1. The van der Waals surface area contributed by atoms with E-state index >= 15 is 0 Å². The van der Waals surface area contributed by atoms with E-state index in [1.54, 1.807) is 14.2 Å². The van der Waals surface area contributed by atoms with Crippen molar-refractivity contribution < 1.29 is 14.2 Å². The van der Waals surface area contributed by atoms with Gasteiger partial charge in [0.2, 0.25) is 5.95 Å². The van der Waals surface area contributed by atoms with Crippen molar-refractivity contribution in [3.63, 3.8) is 0 Å². The van der Waals surface area contributed by atoms with Crippen LogP contribution < -0.4 is 24.8 Å². The topological polar surface area (TPSA) is 77.5 Å². The number of nitrogens with one attached hydrogen (secondary N) is 2. The molecule has 1 heterocycles. The van der Waals surface area contributed by atoms with Crippen LogP contribution in [0.3, 0.4) is 0 Å². The molecule has 152 valence electrons. The zero-order valence-electron chi connectivity index (χ0n) is 17.3. The van der Waals surface area contributed by atoms with E-state index in [0.29, 0.717) is 17.5 Å². The van der Waals surface area contributed by atoms with E-state index in [0.717, 1.165) is 28.6 Å². The molecule has 0 aliphatic rings. The van der Waals surface area contributed by atoms with Crippen molar-refractivity contribution in [2.75, 3.05) is 24.9 Å². The summed E-state index contributed by atoms with van der Waals surface area (Å²) in [6.07, 6.45) is 0.0640. The van der Waals surface area contributed by atoms with E-state index in [1.165, 1.54) is 0 Å². The van der Waals surface area contributed by atoms with E-state index in [9.17, 15) is 0 Å². The highest BCUT2D eigenvalue weighted by Gasteiger charge is 2.11. The molecule has 0 saturated heterocycles. The highest BCUT2D eigenvalue weighted by molar-refractivity contribution is 5.68. The lowest BCUT2D eigenvalue weighted by Gasteiger charge is -2.16. The van der Waals surface area contributed by atoms with Crippen LogP contribution in [-0.4, -0.2) is 30.3 Å². The van der Waals surface area contributed by atoms with E-state index in [2.05, 4.69) is 20.6 Å². The second-order valence-corrected chi connectivity index (χ2v) is 6.70. The number of rotatable bonds is 8. The molecule has 0 atom stereocenters. The summed E-state index contributed by atoms with van der Waals surface area (Å²) in [6, 6.07) is 15.1. The van der Waals surface area contributed by atoms with Gasteiger partial charge in [-0.15, -0.1) is 0 Å². The molecule has 0 aliphatic carbocycles. The fraction of sp³-hybridized carbons (Fsp3) is 0.273. The normalized spacial score (nSPS) is 10.6. The van der Waals surface area contributed by atoms with Crippen molar-refractivity contribution in [1.29, 1.82) is 0 Å². The average Bonchev–Trinajstić information content (AvgIpc) is 2.68. The van der Waals surface area contributed by atoms with Gasteiger partial charge in [-0.25, -0.2) is 4.98 Å². The number of methoxy groups -OCH3 is 2. The molecule has 29 heavy (non-hydrogen) atoms. The molecule has 7 heteroatoms. The summed E-state index contributed by atoms with van der Waals surface area (Å²) in [7, 11) is 3.25. The molecule has 3 rings (SSSR count). The Morgan fingerprint density at radius 1 is 0.828 bits per heavy atom. The van der Waals surface area contributed by atoms with E-state index in [1.807, 2.05) is 69.3 Å². The summed E-state index contributed by atoms with van der Waals surface area (Å²) < 4.78 is 16.6. The lowest BCUT2D eigenvalue weighted by Crippen LogP contribution is -2.08. The lowest BCUT2D eigenvalue weighted by molar-refractivity contribution is 0.244. The fourth-order valence-electron chi connectivity index (χ4n) is 2.79. The van der Waals surface area contributed by atoms with Crippen LogP contribution >= 0.6 is 0 Å². The summed E-state index contributed by atoms with van der Waals surface area (Å²) >= 11 is 0. The van der Waals surface area contributed by atoms with Crippen LogP contribution in [-0.2, 0) is 0 Å². The first kappa shape index (κ1) is 20.3. The number of ether oxygens (including phenoxy) is 3. The number of hydrogen-bond acceptors (Lipinski definition) is 7. The molecule has 0 bridgehead atoms. The molecule has 0 spiro atoms. The fourth-order valence-corrected chi connectivity index (χ4v) is 2.79. The molecule has 0 amide bonds. The van der Waals surface area contributed by atoms with Gasteiger partial charge in [-0.2, -0.15) is 4.98 Å². The van der Waals surface area contributed by atoms with E-state index < -0.39 is 0 Å². The molecule has 2 aromatic carbocycles. The highest BCUT2D eigenvalue weighted by Crippen LogP contribution is 2.32. The number of para-hydroxylation sites is 2. The standard InChI is InChI=1S/C22H26N4O3/c1-14(2)29-20-9-7-6-8-17(20)25-22-23-15(3)12-21(26-22)24-18-13-16(27-4)10-11-19(18)28-5/h6-14H,1-5H3,(H2,23,24,25,26). The maximum atomic E-state index is 5.87. The van der Waals surface area contributed by atoms with Crippen molar-refractivity contribution in [2.45, 2.75) is 26.9 Å². The highest BCUT2D eigenvalue weighted by atomic mass is 16.5. The Balaban J connectivity index is 1.88. The van der Waals surface area contributed by atoms with Crippen LogP contribution in [0.25, 0.3) is 0 Å². The Hall–Kier alpha value is -3.48. The van der Waals surface area contributed by atoms with Crippen LogP contribution in [0.2, 0.25) is 0 Å². The van der Waals surface area contributed by atoms with Crippen molar-refractivity contribution >= 4 is 23.1 Å². The summed E-state index contributed by atoms with van der Waals surface area (Å²) in [6.45, 7) is 5.89. The van der Waals surface area contributed by atoms with Gasteiger partial charge in [0.05, 0.1) is 31.7 Å². The lowest BCUT2D eigenvalue weighted by atomic mass is 10.2. The first-order valence-corrected chi connectivity index (χ1v) is 9.36. The number of aromatic nitrogens is 2. The Labute approximate surface area is 171 Å². The van der Waals surface area contributed by atoms with Gasteiger partial charge < -0.3 is 24.8 Å². The van der Waals surface area contributed by atoms with Crippen LogP contribution in [0.15, 0.2) is 48.5 Å². The Kier molecular flexibility index (Phi) is 6.39. The number of nitrogens with zero attached hydrogens (tertiary/aromatic N) is 2. The van der Waals surface area contributed by atoms with Crippen LogP contribution in [0.4, 0.5) is 23.1 Å². The molecule has 0 saturated carbocycles. The van der Waals surface area contributed by atoms with Gasteiger partial charge in [-0.05, 0) is 45.0 Å². The zero-order valence-corrected chi connectivity index (χ0v) is 17.3. The van der Waals surface area contributed by atoms with Crippen LogP contribution in [0, 0.1) is 6.92 Å². The minimum absolute atomic E-state index is 0.0640. The predicted octanol–water partition coefficient (Wildman–Crippen LogP) is 5.08. The maximum absolute atomic E-state index is 5.87. The molecule has 0 fully saturated rings. The van der Waals surface area contributed by atoms with Gasteiger partial charge in [0.15, 0.2) is 0 Å². The zero-order chi connectivity index (χ0) is 20.8. The Morgan fingerprint density at radius 3 is 2.34 bits per heavy atom. The van der Waals surface area contributed by atoms with Gasteiger partial charge in [-0.1, -0.05) is 12.1 Å². The minimum Gasteiger partial charge on any atom is -0.497 e. The van der Waals surface area contributed by atoms with Crippen molar-refractivity contribution in [2.24, 2.45) is 0 Å². The minimum atomic E-state index is 0.0640. The Bertz CT molecular complexity index is 976.